The van der Waals surface area contributed by atoms with Crippen LogP contribution in [0.4, 0.5) is 11.4 Å². The Kier molecular flexibility index (Phi) is 9.04. The van der Waals surface area contributed by atoms with Crippen LogP contribution in [-0.2, 0) is 0 Å². The van der Waals surface area contributed by atoms with Crippen LogP contribution >= 0.6 is 0 Å². The van der Waals surface area contributed by atoms with E-state index >= 15 is 0 Å². The van der Waals surface area contributed by atoms with Crippen molar-refractivity contribution < 1.29 is 14.6 Å². The van der Waals surface area contributed by atoms with Gasteiger partial charge in [-0.3, -0.25) is 0 Å². The number of ether oxygens (including phenoxy) is 1. The highest BCUT2D eigenvalue weighted by atomic mass is 16.5. The molecular formula is C22H28N2O3. The molecule has 0 fully saturated rings. The van der Waals surface area contributed by atoms with Gasteiger partial charge in [0.05, 0.1) is 23.5 Å². The monoisotopic (exact) mass is 368 g/mol. The lowest BCUT2D eigenvalue weighted by molar-refractivity contribution is 0.0697. The second-order valence-corrected chi connectivity index (χ2v) is 6.52. The van der Waals surface area contributed by atoms with Crippen molar-refractivity contribution in [2.45, 2.75) is 51.9 Å². The average Bonchev–Trinajstić information content (AvgIpc) is 2.69. The zero-order valence-electron chi connectivity index (χ0n) is 15.9. The van der Waals surface area contributed by atoms with E-state index in [9.17, 15) is 4.79 Å². The molecule has 5 heteroatoms. The molecule has 0 spiro atoms. The number of aromatic carboxylic acids is 1. The van der Waals surface area contributed by atoms with E-state index in [0.29, 0.717) is 5.69 Å². The second-order valence-electron chi connectivity index (χ2n) is 6.52. The standard InChI is InChI=1S/C22H28N2O3/c1-2-3-4-5-6-7-8-17-27-21-15-13-20(14-16-21)24-23-19-11-9-18(10-12-19)22(25)26/h9-16H,2-8,17H2,1H3,(H,25,26). The fourth-order valence-electron chi connectivity index (χ4n) is 2.64. The third kappa shape index (κ3) is 8.03. The van der Waals surface area contributed by atoms with Crippen molar-refractivity contribution in [1.82, 2.24) is 0 Å². The number of nitrogens with zero attached hydrogens (tertiary/aromatic N) is 2. The van der Waals surface area contributed by atoms with Gasteiger partial charge in [-0.2, -0.15) is 10.2 Å². The second kappa shape index (κ2) is 11.8. The Labute approximate surface area is 161 Å². The number of hydrogen-bond acceptors (Lipinski definition) is 4. The summed E-state index contributed by atoms with van der Waals surface area (Å²) in [5.74, 6) is -0.115. The van der Waals surface area contributed by atoms with Gasteiger partial charge in [0, 0.05) is 0 Å². The Bertz CT molecular complexity index is 709. The molecule has 5 nitrogen and oxygen atoms in total. The molecule has 0 aromatic heterocycles. The average molecular weight is 368 g/mol. The molecule has 0 saturated carbocycles. The Morgan fingerprint density at radius 1 is 0.815 bits per heavy atom. The fourth-order valence-corrected chi connectivity index (χ4v) is 2.64. The first-order chi connectivity index (χ1) is 13.2. The van der Waals surface area contributed by atoms with Crippen LogP contribution in [0.25, 0.3) is 0 Å². The maximum Gasteiger partial charge on any atom is 0.335 e. The maximum absolute atomic E-state index is 10.8. The van der Waals surface area contributed by atoms with E-state index in [2.05, 4.69) is 17.2 Å². The molecule has 0 unspecified atom stereocenters. The summed E-state index contributed by atoms with van der Waals surface area (Å²) >= 11 is 0. The van der Waals surface area contributed by atoms with Crippen LogP contribution in [-0.4, -0.2) is 17.7 Å². The van der Waals surface area contributed by atoms with Crippen molar-refractivity contribution in [3.05, 3.63) is 54.1 Å². The molecule has 0 amide bonds. The highest BCUT2D eigenvalue weighted by molar-refractivity contribution is 5.87. The largest absolute Gasteiger partial charge is 0.494 e. The van der Waals surface area contributed by atoms with Gasteiger partial charge in [-0.25, -0.2) is 4.79 Å². The number of carboxylic acids is 1. The van der Waals surface area contributed by atoms with Gasteiger partial charge in [-0.15, -0.1) is 0 Å². The Hall–Kier alpha value is -2.69. The topological polar surface area (TPSA) is 71.2 Å². The van der Waals surface area contributed by atoms with Crippen molar-refractivity contribution in [2.75, 3.05) is 6.61 Å². The molecule has 2 aromatic carbocycles. The van der Waals surface area contributed by atoms with E-state index in [4.69, 9.17) is 9.84 Å². The Morgan fingerprint density at radius 2 is 1.33 bits per heavy atom. The summed E-state index contributed by atoms with van der Waals surface area (Å²) in [6.45, 7) is 2.98. The van der Waals surface area contributed by atoms with Crippen molar-refractivity contribution in [3.8, 4) is 5.75 Å². The van der Waals surface area contributed by atoms with Gasteiger partial charge in [0.2, 0.25) is 0 Å². The summed E-state index contributed by atoms with van der Waals surface area (Å²) < 4.78 is 5.76. The number of benzene rings is 2. The molecule has 0 aliphatic heterocycles. The summed E-state index contributed by atoms with van der Waals surface area (Å²) in [7, 11) is 0. The lowest BCUT2D eigenvalue weighted by atomic mass is 10.1. The van der Waals surface area contributed by atoms with E-state index in [1.807, 2.05) is 24.3 Å². The number of rotatable bonds is 12. The van der Waals surface area contributed by atoms with Gasteiger partial charge in [-0.05, 0) is 55.0 Å². The molecular weight excluding hydrogens is 340 g/mol. The van der Waals surface area contributed by atoms with Crippen LogP contribution in [0.5, 0.6) is 5.75 Å². The quantitative estimate of drug-likeness (QED) is 0.326. The van der Waals surface area contributed by atoms with Crippen LogP contribution in [0.15, 0.2) is 58.8 Å². The molecule has 27 heavy (non-hydrogen) atoms. The first-order valence-corrected chi connectivity index (χ1v) is 9.67. The van der Waals surface area contributed by atoms with E-state index in [1.54, 1.807) is 12.1 Å². The van der Waals surface area contributed by atoms with Gasteiger partial charge in [0.25, 0.3) is 0 Å². The van der Waals surface area contributed by atoms with E-state index < -0.39 is 5.97 Å². The summed E-state index contributed by atoms with van der Waals surface area (Å²) in [5, 5.41) is 17.2. The molecule has 0 radical (unpaired) electrons. The van der Waals surface area contributed by atoms with Crippen molar-refractivity contribution in [3.63, 3.8) is 0 Å². The van der Waals surface area contributed by atoms with Gasteiger partial charge in [0.15, 0.2) is 0 Å². The lowest BCUT2D eigenvalue weighted by Crippen LogP contribution is -1.96. The van der Waals surface area contributed by atoms with Crippen molar-refractivity contribution in [1.29, 1.82) is 0 Å². The highest BCUT2D eigenvalue weighted by Crippen LogP contribution is 2.22. The highest BCUT2D eigenvalue weighted by Gasteiger charge is 2.01. The smallest absolute Gasteiger partial charge is 0.335 e. The zero-order chi connectivity index (χ0) is 19.3. The minimum absolute atomic E-state index is 0.233. The Balaban J connectivity index is 1.70. The van der Waals surface area contributed by atoms with Crippen LogP contribution in [0.1, 0.15) is 62.2 Å². The molecule has 144 valence electrons. The number of azo groups is 1. The number of hydrogen-bond donors (Lipinski definition) is 1. The van der Waals surface area contributed by atoms with Gasteiger partial charge in [-0.1, -0.05) is 45.4 Å². The summed E-state index contributed by atoms with van der Waals surface area (Å²) in [6, 6.07) is 13.8. The van der Waals surface area contributed by atoms with Gasteiger partial charge >= 0.3 is 5.97 Å². The molecule has 2 aromatic rings. The minimum atomic E-state index is -0.953. The molecule has 1 N–H and O–H groups in total. The van der Waals surface area contributed by atoms with Crippen LogP contribution in [0.2, 0.25) is 0 Å². The molecule has 0 heterocycles. The molecule has 0 atom stereocenters. The molecule has 2 rings (SSSR count). The fraction of sp³-hybridized carbons (Fsp3) is 0.409. The number of carbonyl (C=O) groups is 1. The maximum atomic E-state index is 10.8. The van der Waals surface area contributed by atoms with Crippen LogP contribution < -0.4 is 4.74 Å². The predicted octanol–water partition coefficient (Wildman–Crippen LogP) is 6.93. The number of unbranched alkanes of at least 4 members (excludes halogenated alkanes) is 6. The van der Waals surface area contributed by atoms with E-state index in [0.717, 1.165) is 24.5 Å². The van der Waals surface area contributed by atoms with E-state index in [1.165, 1.54) is 50.7 Å². The summed E-state index contributed by atoms with van der Waals surface area (Å²) in [4.78, 5) is 10.8. The normalized spacial score (nSPS) is 11.0. The molecule has 0 bridgehead atoms. The molecule has 0 aliphatic rings. The molecule has 0 aliphatic carbocycles. The van der Waals surface area contributed by atoms with Crippen LogP contribution in [0.3, 0.4) is 0 Å². The van der Waals surface area contributed by atoms with Crippen molar-refractivity contribution in [2.24, 2.45) is 10.2 Å². The first-order valence-electron chi connectivity index (χ1n) is 9.67. The zero-order valence-corrected chi connectivity index (χ0v) is 15.9. The first kappa shape index (κ1) is 20.6. The SMILES string of the molecule is CCCCCCCCCOc1ccc(N=Nc2ccc(C(=O)O)cc2)cc1. The Morgan fingerprint density at radius 3 is 1.89 bits per heavy atom. The third-order valence-corrected chi connectivity index (χ3v) is 4.25. The van der Waals surface area contributed by atoms with Crippen molar-refractivity contribution >= 4 is 17.3 Å². The third-order valence-electron chi connectivity index (χ3n) is 4.25. The summed E-state index contributed by atoms with van der Waals surface area (Å²) in [5.41, 5.74) is 1.57. The van der Waals surface area contributed by atoms with E-state index in [-0.39, 0.29) is 5.56 Å². The lowest BCUT2D eigenvalue weighted by Gasteiger charge is -2.06. The minimum Gasteiger partial charge on any atom is -0.494 e. The summed E-state index contributed by atoms with van der Waals surface area (Å²) in [6.07, 6.45) is 8.89. The van der Waals surface area contributed by atoms with Gasteiger partial charge < -0.3 is 9.84 Å². The number of carboxylic acid groups (broad SMARTS) is 1. The van der Waals surface area contributed by atoms with Crippen LogP contribution in [0, 0.1) is 0 Å². The van der Waals surface area contributed by atoms with Gasteiger partial charge in [0.1, 0.15) is 5.75 Å². The predicted molar refractivity (Wildman–Crippen MR) is 108 cm³/mol. The molecule has 0 saturated heterocycles.